The van der Waals surface area contributed by atoms with Gasteiger partial charge in [-0.2, -0.15) is 4.31 Å². The van der Waals surface area contributed by atoms with Crippen LogP contribution < -0.4 is 10.6 Å². The second-order valence-electron chi connectivity index (χ2n) is 5.95. The number of anilines is 2. The van der Waals surface area contributed by atoms with Crippen LogP contribution in [0.1, 0.15) is 31.1 Å². The molecular formula is C19H22ClN3O4S. The van der Waals surface area contributed by atoms with E-state index in [1.54, 1.807) is 38.1 Å². The number of rotatable bonds is 7. The standard InChI is InChI=1S/C19H22ClN3O4S/c1-4-23(5-2)28(26,27)18-12-14(6-11-17(18)20)19(25)22-16-9-7-15(8-10-16)21-13(3)24/h6-12H,4-5H2,1-3H3,(H,21,24)(H,22,25). The summed E-state index contributed by atoms with van der Waals surface area (Å²) in [5, 5.41) is 5.38. The Morgan fingerprint density at radius 1 is 0.964 bits per heavy atom. The van der Waals surface area contributed by atoms with Gasteiger partial charge in [-0.15, -0.1) is 0 Å². The van der Waals surface area contributed by atoms with Crippen molar-refractivity contribution in [3.8, 4) is 0 Å². The Labute approximate surface area is 169 Å². The van der Waals surface area contributed by atoms with E-state index < -0.39 is 15.9 Å². The molecule has 0 atom stereocenters. The van der Waals surface area contributed by atoms with Crippen molar-refractivity contribution in [1.82, 2.24) is 4.31 Å². The zero-order valence-corrected chi connectivity index (χ0v) is 17.4. The molecule has 9 heteroatoms. The van der Waals surface area contributed by atoms with E-state index in [2.05, 4.69) is 10.6 Å². The third-order valence-electron chi connectivity index (χ3n) is 3.98. The van der Waals surface area contributed by atoms with Crippen molar-refractivity contribution in [3.63, 3.8) is 0 Å². The Balaban J connectivity index is 2.26. The number of nitrogens with zero attached hydrogens (tertiary/aromatic N) is 1. The number of carbonyl (C=O) groups is 2. The maximum absolute atomic E-state index is 12.7. The highest BCUT2D eigenvalue weighted by Gasteiger charge is 2.25. The normalized spacial score (nSPS) is 11.3. The van der Waals surface area contributed by atoms with Crippen LogP contribution in [0.3, 0.4) is 0 Å². The average Bonchev–Trinajstić information content (AvgIpc) is 2.63. The van der Waals surface area contributed by atoms with Crippen LogP contribution in [0.2, 0.25) is 5.02 Å². The number of benzene rings is 2. The number of hydrogen-bond donors (Lipinski definition) is 2. The number of amides is 2. The molecule has 0 bridgehead atoms. The smallest absolute Gasteiger partial charge is 0.255 e. The summed E-state index contributed by atoms with van der Waals surface area (Å²) >= 11 is 6.09. The summed E-state index contributed by atoms with van der Waals surface area (Å²) < 4.78 is 26.8. The topological polar surface area (TPSA) is 95.6 Å². The highest BCUT2D eigenvalue weighted by atomic mass is 35.5. The Hall–Kier alpha value is -2.42. The summed E-state index contributed by atoms with van der Waals surface area (Å²) in [6, 6.07) is 10.7. The van der Waals surface area contributed by atoms with Crippen LogP contribution in [0.4, 0.5) is 11.4 Å². The zero-order chi connectivity index (χ0) is 20.9. The van der Waals surface area contributed by atoms with Crippen LogP contribution in [0.5, 0.6) is 0 Å². The lowest BCUT2D eigenvalue weighted by molar-refractivity contribution is -0.114. The van der Waals surface area contributed by atoms with Gasteiger partial charge in [-0.25, -0.2) is 8.42 Å². The van der Waals surface area contributed by atoms with Crippen molar-refractivity contribution in [2.24, 2.45) is 0 Å². The van der Waals surface area contributed by atoms with Gasteiger partial charge >= 0.3 is 0 Å². The van der Waals surface area contributed by atoms with E-state index in [1.165, 1.54) is 29.4 Å². The molecule has 0 aliphatic carbocycles. The minimum atomic E-state index is -3.80. The summed E-state index contributed by atoms with van der Waals surface area (Å²) in [4.78, 5) is 23.5. The fraction of sp³-hybridized carbons (Fsp3) is 0.263. The summed E-state index contributed by atoms with van der Waals surface area (Å²) in [7, 11) is -3.80. The molecule has 0 unspecified atom stereocenters. The van der Waals surface area contributed by atoms with E-state index in [9.17, 15) is 18.0 Å². The van der Waals surface area contributed by atoms with Gasteiger partial charge in [0, 0.05) is 37.0 Å². The average molecular weight is 424 g/mol. The first-order chi connectivity index (χ1) is 13.2. The van der Waals surface area contributed by atoms with Crippen LogP contribution in [-0.2, 0) is 14.8 Å². The fourth-order valence-corrected chi connectivity index (χ4v) is 4.55. The number of halogens is 1. The molecule has 0 fully saturated rings. The lowest BCUT2D eigenvalue weighted by Crippen LogP contribution is -2.31. The molecule has 0 aliphatic heterocycles. The van der Waals surface area contributed by atoms with E-state index in [0.717, 1.165) is 0 Å². The first-order valence-electron chi connectivity index (χ1n) is 8.67. The molecule has 2 rings (SSSR count). The highest BCUT2D eigenvalue weighted by molar-refractivity contribution is 7.89. The van der Waals surface area contributed by atoms with Crippen molar-refractivity contribution in [3.05, 3.63) is 53.1 Å². The molecule has 2 aromatic rings. The quantitative estimate of drug-likeness (QED) is 0.711. The van der Waals surface area contributed by atoms with Gasteiger partial charge in [0.2, 0.25) is 15.9 Å². The van der Waals surface area contributed by atoms with Gasteiger partial charge < -0.3 is 10.6 Å². The maximum Gasteiger partial charge on any atom is 0.255 e. The van der Waals surface area contributed by atoms with Gasteiger partial charge in [0.05, 0.1) is 5.02 Å². The van der Waals surface area contributed by atoms with Gasteiger partial charge in [-0.05, 0) is 42.5 Å². The van der Waals surface area contributed by atoms with E-state index in [-0.39, 0.29) is 21.4 Å². The SMILES string of the molecule is CCN(CC)S(=O)(=O)c1cc(C(=O)Nc2ccc(NC(C)=O)cc2)ccc1Cl. The molecule has 0 spiro atoms. The number of carbonyl (C=O) groups excluding carboxylic acids is 2. The third kappa shape index (κ3) is 5.09. The monoisotopic (exact) mass is 423 g/mol. The fourth-order valence-electron chi connectivity index (χ4n) is 2.59. The van der Waals surface area contributed by atoms with Gasteiger partial charge in [-0.1, -0.05) is 25.4 Å². The van der Waals surface area contributed by atoms with Crippen molar-refractivity contribution in [2.45, 2.75) is 25.7 Å². The largest absolute Gasteiger partial charge is 0.326 e. The summed E-state index contributed by atoms with van der Waals surface area (Å²) in [6.07, 6.45) is 0. The van der Waals surface area contributed by atoms with Gasteiger partial charge in [0.15, 0.2) is 0 Å². The summed E-state index contributed by atoms with van der Waals surface area (Å²) in [6.45, 7) is 5.46. The van der Waals surface area contributed by atoms with Crippen molar-refractivity contribution < 1.29 is 18.0 Å². The molecule has 2 N–H and O–H groups in total. The van der Waals surface area contributed by atoms with Crippen LogP contribution >= 0.6 is 11.6 Å². The third-order valence-corrected chi connectivity index (χ3v) is 6.51. The Kier molecular flexibility index (Phi) is 7.17. The van der Waals surface area contributed by atoms with Crippen molar-refractivity contribution in [2.75, 3.05) is 23.7 Å². The second-order valence-corrected chi connectivity index (χ2v) is 8.26. The summed E-state index contributed by atoms with van der Waals surface area (Å²) in [5.74, 6) is -0.667. The first-order valence-corrected chi connectivity index (χ1v) is 10.5. The number of nitrogens with one attached hydrogen (secondary N) is 2. The molecule has 0 radical (unpaired) electrons. The second kappa shape index (κ2) is 9.18. The molecule has 150 valence electrons. The minimum Gasteiger partial charge on any atom is -0.326 e. The lowest BCUT2D eigenvalue weighted by atomic mass is 10.2. The Bertz CT molecular complexity index is 971. The van der Waals surface area contributed by atoms with E-state index >= 15 is 0 Å². The molecule has 0 saturated carbocycles. The molecule has 0 aliphatic rings. The van der Waals surface area contributed by atoms with Gasteiger partial charge in [0.1, 0.15) is 4.90 Å². The highest BCUT2D eigenvalue weighted by Crippen LogP contribution is 2.26. The summed E-state index contributed by atoms with van der Waals surface area (Å²) in [5.41, 5.74) is 1.27. The van der Waals surface area contributed by atoms with E-state index in [1.807, 2.05) is 0 Å². The molecule has 0 saturated heterocycles. The van der Waals surface area contributed by atoms with Gasteiger partial charge in [0.25, 0.3) is 5.91 Å². The first kappa shape index (κ1) is 21.9. The van der Waals surface area contributed by atoms with Crippen LogP contribution in [0.15, 0.2) is 47.4 Å². The molecule has 0 aromatic heterocycles. The lowest BCUT2D eigenvalue weighted by Gasteiger charge is -2.19. The Morgan fingerprint density at radius 2 is 1.50 bits per heavy atom. The van der Waals surface area contributed by atoms with E-state index in [4.69, 9.17) is 11.6 Å². The molecule has 28 heavy (non-hydrogen) atoms. The molecule has 7 nitrogen and oxygen atoms in total. The zero-order valence-electron chi connectivity index (χ0n) is 15.8. The van der Waals surface area contributed by atoms with Crippen molar-refractivity contribution >= 4 is 44.8 Å². The van der Waals surface area contributed by atoms with Crippen molar-refractivity contribution in [1.29, 1.82) is 0 Å². The predicted molar refractivity (Wildman–Crippen MR) is 110 cm³/mol. The van der Waals surface area contributed by atoms with E-state index in [0.29, 0.717) is 24.5 Å². The molecule has 2 aromatic carbocycles. The number of sulfonamides is 1. The van der Waals surface area contributed by atoms with Crippen LogP contribution in [0, 0.1) is 0 Å². The number of hydrogen-bond acceptors (Lipinski definition) is 4. The molecular weight excluding hydrogens is 402 g/mol. The van der Waals surface area contributed by atoms with Gasteiger partial charge in [-0.3, -0.25) is 9.59 Å². The molecule has 2 amide bonds. The van der Waals surface area contributed by atoms with Crippen LogP contribution in [0.25, 0.3) is 0 Å². The minimum absolute atomic E-state index is 0.0584. The molecule has 0 heterocycles. The van der Waals surface area contributed by atoms with Crippen LogP contribution in [-0.4, -0.2) is 37.6 Å². The maximum atomic E-state index is 12.7. The Morgan fingerprint density at radius 3 is 2.00 bits per heavy atom. The predicted octanol–water partition coefficient (Wildman–Crippen LogP) is 3.58.